The summed E-state index contributed by atoms with van der Waals surface area (Å²) >= 11 is 0. The topological polar surface area (TPSA) is 70.1 Å². The van der Waals surface area contributed by atoms with Crippen LogP contribution in [-0.2, 0) is 14.3 Å². The molecule has 3 aliphatic rings. The van der Waals surface area contributed by atoms with Crippen LogP contribution in [0.5, 0.6) is 0 Å². The van der Waals surface area contributed by atoms with Crippen LogP contribution < -0.4 is 0 Å². The third-order valence-electron chi connectivity index (χ3n) is 5.23. The van der Waals surface area contributed by atoms with E-state index in [0.29, 0.717) is 24.8 Å². The van der Waals surface area contributed by atoms with Crippen molar-refractivity contribution < 1.29 is 19.4 Å². The largest absolute Gasteiger partial charge is 0.479 e. The molecule has 3 fully saturated rings. The van der Waals surface area contributed by atoms with E-state index >= 15 is 0 Å². The number of likely N-dealkylation sites (tertiary alicyclic amines) is 2. The van der Waals surface area contributed by atoms with E-state index in [9.17, 15) is 9.59 Å². The van der Waals surface area contributed by atoms with Crippen LogP contribution in [0.3, 0.4) is 0 Å². The number of carbonyl (C=O) groups is 2. The molecule has 2 unspecified atom stereocenters. The zero-order valence-corrected chi connectivity index (χ0v) is 12.5. The van der Waals surface area contributed by atoms with Gasteiger partial charge in [-0.25, -0.2) is 4.79 Å². The van der Waals surface area contributed by atoms with Gasteiger partial charge in [0.15, 0.2) is 6.10 Å². The predicted molar refractivity (Wildman–Crippen MR) is 75.9 cm³/mol. The lowest BCUT2D eigenvalue weighted by molar-refractivity contribution is -0.156. The molecule has 0 aromatic rings. The van der Waals surface area contributed by atoms with Crippen molar-refractivity contribution in [1.82, 2.24) is 9.80 Å². The van der Waals surface area contributed by atoms with E-state index in [1.54, 1.807) is 0 Å². The molecule has 3 rings (SSSR count). The maximum Gasteiger partial charge on any atom is 0.332 e. The van der Waals surface area contributed by atoms with E-state index in [0.717, 1.165) is 26.1 Å². The van der Waals surface area contributed by atoms with Gasteiger partial charge in [-0.1, -0.05) is 0 Å². The Bertz CT molecular complexity index is 428. The van der Waals surface area contributed by atoms with Gasteiger partial charge in [0.05, 0.1) is 0 Å². The van der Waals surface area contributed by atoms with Gasteiger partial charge in [0, 0.05) is 19.1 Å². The van der Waals surface area contributed by atoms with Crippen LogP contribution in [0.25, 0.3) is 0 Å². The smallest absolute Gasteiger partial charge is 0.332 e. The first kappa shape index (κ1) is 14.8. The van der Waals surface area contributed by atoms with E-state index in [2.05, 4.69) is 11.9 Å². The third kappa shape index (κ3) is 2.92. The van der Waals surface area contributed by atoms with Crippen molar-refractivity contribution in [2.45, 2.75) is 50.4 Å². The average Bonchev–Trinajstić information content (AvgIpc) is 2.96. The lowest BCUT2D eigenvalue weighted by atomic mass is 9.84. The minimum Gasteiger partial charge on any atom is -0.479 e. The number of hydrogen-bond acceptors (Lipinski definition) is 4. The molecule has 3 heterocycles. The molecule has 3 saturated heterocycles. The molecule has 6 nitrogen and oxygen atoms in total. The summed E-state index contributed by atoms with van der Waals surface area (Å²) < 4.78 is 5.39. The van der Waals surface area contributed by atoms with Crippen LogP contribution in [0, 0.1) is 5.92 Å². The molecule has 4 atom stereocenters. The lowest BCUT2D eigenvalue weighted by Crippen LogP contribution is -2.55. The van der Waals surface area contributed by atoms with Gasteiger partial charge < -0.3 is 19.6 Å². The lowest BCUT2D eigenvalue weighted by Gasteiger charge is -2.46. The number of fused-ring (bicyclic) bond motifs is 1. The highest BCUT2D eigenvalue weighted by atomic mass is 16.5. The summed E-state index contributed by atoms with van der Waals surface area (Å²) in [6, 6.07) is 0.596. The van der Waals surface area contributed by atoms with Gasteiger partial charge in [-0.15, -0.1) is 0 Å². The van der Waals surface area contributed by atoms with Gasteiger partial charge >= 0.3 is 5.97 Å². The van der Waals surface area contributed by atoms with Crippen molar-refractivity contribution >= 4 is 11.9 Å². The molecular weight excluding hydrogens is 272 g/mol. The molecular formula is C15H24N2O4. The highest BCUT2D eigenvalue weighted by molar-refractivity contribution is 5.82. The molecule has 21 heavy (non-hydrogen) atoms. The number of carboxylic acids is 1. The monoisotopic (exact) mass is 296 g/mol. The summed E-state index contributed by atoms with van der Waals surface area (Å²) in [6.07, 6.45) is 3.00. The van der Waals surface area contributed by atoms with Crippen LogP contribution >= 0.6 is 0 Å². The fourth-order valence-electron chi connectivity index (χ4n) is 4.06. The summed E-state index contributed by atoms with van der Waals surface area (Å²) in [5.41, 5.74) is 0. The molecule has 1 N–H and O–H groups in total. The molecule has 0 aromatic heterocycles. The second-order valence-electron chi connectivity index (χ2n) is 6.55. The number of piperidine rings is 2. The van der Waals surface area contributed by atoms with Crippen molar-refractivity contribution in [2.24, 2.45) is 5.92 Å². The van der Waals surface area contributed by atoms with E-state index in [1.807, 2.05) is 4.90 Å². The zero-order chi connectivity index (χ0) is 15.0. The second kappa shape index (κ2) is 5.93. The van der Waals surface area contributed by atoms with Gasteiger partial charge in [0.25, 0.3) is 5.91 Å². The molecule has 0 radical (unpaired) electrons. The normalized spacial score (nSPS) is 37.3. The number of nitrogens with zero attached hydrogens (tertiary/aromatic N) is 2. The summed E-state index contributed by atoms with van der Waals surface area (Å²) in [7, 11) is 2.17. The number of carbonyl (C=O) groups excluding carboxylic acids is 1. The summed E-state index contributed by atoms with van der Waals surface area (Å²) in [4.78, 5) is 27.8. The van der Waals surface area contributed by atoms with Gasteiger partial charge in [0.2, 0.25) is 0 Å². The zero-order valence-electron chi connectivity index (χ0n) is 12.5. The SMILES string of the molecule is CN1CCCC2CN(C(=O)[C@@H]3CC[C@H](C(=O)O)O3)CCC21. The van der Waals surface area contributed by atoms with Crippen molar-refractivity contribution in [3.63, 3.8) is 0 Å². The Morgan fingerprint density at radius 1 is 1.10 bits per heavy atom. The Labute approximate surface area is 125 Å². The fraction of sp³-hybridized carbons (Fsp3) is 0.867. The molecule has 3 aliphatic heterocycles. The quantitative estimate of drug-likeness (QED) is 0.806. The van der Waals surface area contributed by atoms with Gasteiger partial charge in [0.1, 0.15) is 6.10 Å². The number of ether oxygens (including phenoxy) is 1. The number of aliphatic carboxylic acids is 1. The molecule has 0 aromatic carbocycles. The molecule has 0 aliphatic carbocycles. The van der Waals surface area contributed by atoms with Crippen LogP contribution in [-0.4, -0.2) is 71.7 Å². The van der Waals surface area contributed by atoms with Crippen molar-refractivity contribution in [3.05, 3.63) is 0 Å². The molecule has 6 heteroatoms. The average molecular weight is 296 g/mol. The Kier molecular flexibility index (Phi) is 4.17. The first-order valence-electron chi connectivity index (χ1n) is 7.93. The van der Waals surface area contributed by atoms with Crippen LogP contribution in [0.1, 0.15) is 32.1 Å². The van der Waals surface area contributed by atoms with Crippen LogP contribution in [0.15, 0.2) is 0 Å². The second-order valence-corrected chi connectivity index (χ2v) is 6.55. The maximum atomic E-state index is 12.5. The fourth-order valence-corrected chi connectivity index (χ4v) is 4.06. The van der Waals surface area contributed by atoms with Crippen LogP contribution in [0.4, 0.5) is 0 Å². The van der Waals surface area contributed by atoms with Crippen molar-refractivity contribution in [1.29, 1.82) is 0 Å². The minimum atomic E-state index is -0.960. The Morgan fingerprint density at radius 2 is 1.86 bits per heavy atom. The Hall–Kier alpha value is -1.14. The molecule has 0 saturated carbocycles. The first-order valence-corrected chi connectivity index (χ1v) is 7.93. The third-order valence-corrected chi connectivity index (χ3v) is 5.23. The van der Waals surface area contributed by atoms with E-state index in [1.165, 1.54) is 12.8 Å². The highest BCUT2D eigenvalue weighted by Gasteiger charge is 2.40. The summed E-state index contributed by atoms with van der Waals surface area (Å²) in [5, 5.41) is 8.95. The molecule has 1 amide bonds. The standard InChI is InChI=1S/C15H24N2O4/c1-16-7-2-3-10-9-17(8-6-11(10)16)14(18)12-4-5-13(21-12)15(19)20/h10-13H,2-9H2,1H3,(H,19,20)/t10?,11?,12-,13+/m0/s1. The van der Waals surface area contributed by atoms with E-state index in [4.69, 9.17) is 9.84 Å². The van der Waals surface area contributed by atoms with Crippen molar-refractivity contribution in [2.75, 3.05) is 26.7 Å². The minimum absolute atomic E-state index is 0.00886. The first-order chi connectivity index (χ1) is 10.1. The van der Waals surface area contributed by atoms with E-state index < -0.39 is 18.2 Å². The van der Waals surface area contributed by atoms with Crippen LogP contribution in [0.2, 0.25) is 0 Å². The molecule has 118 valence electrons. The predicted octanol–water partition coefficient (Wildman–Crippen LogP) is 0.561. The van der Waals surface area contributed by atoms with Gasteiger partial charge in [-0.3, -0.25) is 4.79 Å². The molecule has 0 spiro atoms. The Balaban J connectivity index is 1.58. The maximum absolute atomic E-state index is 12.5. The summed E-state index contributed by atoms with van der Waals surface area (Å²) in [5.74, 6) is -0.415. The summed E-state index contributed by atoms with van der Waals surface area (Å²) in [6.45, 7) is 2.72. The van der Waals surface area contributed by atoms with Gasteiger partial charge in [-0.2, -0.15) is 0 Å². The number of carboxylic acid groups (broad SMARTS) is 1. The number of rotatable bonds is 2. The van der Waals surface area contributed by atoms with Crippen molar-refractivity contribution in [3.8, 4) is 0 Å². The van der Waals surface area contributed by atoms with E-state index in [-0.39, 0.29) is 5.91 Å². The highest BCUT2D eigenvalue weighted by Crippen LogP contribution is 2.31. The Morgan fingerprint density at radius 3 is 2.57 bits per heavy atom. The number of hydrogen-bond donors (Lipinski definition) is 1. The van der Waals surface area contributed by atoms with Gasteiger partial charge in [-0.05, 0) is 51.6 Å². The number of amides is 1. The molecule has 0 bridgehead atoms.